The number of benzene rings is 2. The van der Waals surface area contributed by atoms with Gasteiger partial charge < -0.3 is 4.90 Å². The summed E-state index contributed by atoms with van der Waals surface area (Å²) >= 11 is 0. The first-order valence-electron chi connectivity index (χ1n) is 8.60. The van der Waals surface area contributed by atoms with Gasteiger partial charge >= 0.3 is 0 Å². The van der Waals surface area contributed by atoms with Crippen LogP contribution in [-0.4, -0.2) is 34.6 Å². The molecule has 5 heteroatoms. The molecule has 3 aromatic rings. The topological polar surface area (TPSA) is 38.1 Å². The number of fused-ring (bicyclic) bond motifs is 2. The molecular formula is C21H18FN3O. The molecule has 1 aliphatic heterocycles. The Morgan fingerprint density at radius 3 is 2.54 bits per heavy atom. The van der Waals surface area contributed by atoms with Gasteiger partial charge in [-0.3, -0.25) is 9.36 Å². The van der Waals surface area contributed by atoms with Crippen molar-refractivity contribution in [1.29, 1.82) is 0 Å². The molecule has 1 aromatic heterocycles. The van der Waals surface area contributed by atoms with E-state index in [1.165, 1.54) is 12.1 Å². The van der Waals surface area contributed by atoms with Crippen molar-refractivity contribution in [2.24, 2.45) is 0 Å². The van der Waals surface area contributed by atoms with Crippen molar-refractivity contribution in [3.8, 4) is 11.8 Å². The Morgan fingerprint density at radius 2 is 1.73 bits per heavy atom. The van der Waals surface area contributed by atoms with Crippen LogP contribution in [0, 0.1) is 17.7 Å². The van der Waals surface area contributed by atoms with Gasteiger partial charge in [-0.2, -0.15) is 0 Å². The molecule has 0 bridgehead atoms. The molecule has 130 valence electrons. The fraction of sp³-hybridized carbons (Fsp3) is 0.238. The summed E-state index contributed by atoms with van der Waals surface area (Å²) in [6.45, 7) is 2.41. The third kappa shape index (κ3) is 3.24. The highest BCUT2D eigenvalue weighted by Crippen LogP contribution is 2.13. The van der Waals surface area contributed by atoms with Crippen molar-refractivity contribution in [2.45, 2.75) is 13.0 Å². The lowest BCUT2D eigenvalue weighted by Crippen LogP contribution is -2.27. The van der Waals surface area contributed by atoms with Crippen molar-refractivity contribution >= 4 is 10.9 Å². The van der Waals surface area contributed by atoms with Crippen molar-refractivity contribution in [3.05, 3.63) is 75.6 Å². The fourth-order valence-electron chi connectivity index (χ4n) is 3.12. The Balaban J connectivity index is 1.74. The van der Waals surface area contributed by atoms with Crippen molar-refractivity contribution in [3.63, 3.8) is 0 Å². The van der Waals surface area contributed by atoms with Crippen molar-refractivity contribution in [1.82, 2.24) is 14.5 Å². The quantitative estimate of drug-likeness (QED) is 0.586. The van der Waals surface area contributed by atoms with Gasteiger partial charge in [0.2, 0.25) is 0 Å². The highest BCUT2D eigenvalue weighted by Gasteiger charge is 2.15. The SMILES string of the molecule is CN1CCc2nc3cc(C#Cc4ccc(F)cc4)ccc3c(=O)n2CC1. The molecule has 26 heavy (non-hydrogen) atoms. The van der Waals surface area contributed by atoms with Gasteiger partial charge in [0.25, 0.3) is 5.56 Å². The van der Waals surface area contributed by atoms with E-state index in [0.29, 0.717) is 17.4 Å². The van der Waals surface area contributed by atoms with Crippen LogP contribution in [0.25, 0.3) is 10.9 Å². The Kier molecular flexibility index (Phi) is 4.27. The van der Waals surface area contributed by atoms with Gasteiger partial charge in [0, 0.05) is 37.2 Å². The predicted octanol–water partition coefficient (Wildman–Crippen LogP) is 2.42. The number of hydrogen-bond acceptors (Lipinski definition) is 3. The van der Waals surface area contributed by atoms with Gasteiger partial charge in [0.15, 0.2) is 0 Å². The number of hydrogen-bond donors (Lipinski definition) is 0. The van der Waals surface area contributed by atoms with Gasteiger partial charge in [-0.1, -0.05) is 11.8 Å². The lowest BCUT2D eigenvalue weighted by atomic mass is 10.1. The first-order valence-corrected chi connectivity index (χ1v) is 8.60. The minimum atomic E-state index is -0.280. The summed E-state index contributed by atoms with van der Waals surface area (Å²) in [6.07, 6.45) is 0.757. The zero-order valence-electron chi connectivity index (χ0n) is 14.5. The number of aromatic nitrogens is 2. The van der Waals surface area contributed by atoms with Crippen LogP contribution in [0.15, 0.2) is 47.3 Å². The van der Waals surface area contributed by atoms with Crippen LogP contribution in [0.5, 0.6) is 0 Å². The largest absolute Gasteiger partial charge is 0.304 e. The molecule has 0 atom stereocenters. The fourth-order valence-corrected chi connectivity index (χ4v) is 3.12. The van der Waals surface area contributed by atoms with Gasteiger partial charge in [0.05, 0.1) is 10.9 Å². The van der Waals surface area contributed by atoms with E-state index in [-0.39, 0.29) is 11.4 Å². The molecule has 0 radical (unpaired) electrons. The summed E-state index contributed by atoms with van der Waals surface area (Å²) < 4.78 is 14.7. The Labute approximate surface area is 150 Å². The predicted molar refractivity (Wildman–Crippen MR) is 99.6 cm³/mol. The van der Waals surface area contributed by atoms with Gasteiger partial charge in [-0.05, 0) is 49.5 Å². The van der Waals surface area contributed by atoms with Crippen molar-refractivity contribution in [2.75, 3.05) is 20.1 Å². The summed E-state index contributed by atoms with van der Waals surface area (Å²) in [6, 6.07) is 11.5. The second kappa shape index (κ2) is 6.74. The molecule has 0 N–H and O–H groups in total. The maximum absolute atomic E-state index is 13.0. The first kappa shape index (κ1) is 16.5. The molecule has 2 aromatic carbocycles. The highest BCUT2D eigenvalue weighted by molar-refractivity contribution is 5.79. The third-order valence-electron chi connectivity index (χ3n) is 4.65. The lowest BCUT2D eigenvalue weighted by Gasteiger charge is -2.11. The van der Waals surface area contributed by atoms with Crippen LogP contribution in [0.2, 0.25) is 0 Å². The monoisotopic (exact) mass is 347 g/mol. The molecule has 0 unspecified atom stereocenters. The highest BCUT2D eigenvalue weighted by atomic mass is 19.1. The van der Waals surface area contributed by atoms with E-state index in [2.05, 4.69) is 23.8 Å². The second-order valence-electron chi connectivity index (χ2n) is 6.53. The molecule has 4 rings (SSSR count). The van der Waals surface area contributed by atoms with E-state index in [9.17, 15) is 9.18 Å². The van der Waals surface area contributed by atoms with Crippen LogP contribution < -0.4 is 5.56 Å². The summed E-state index contributed by atoms with van der Waals surface area (Å²) in [7, 11) is 2.06. The molecule has 1 aliphatic rings. The Morgan fingerprint density at radius 1 is 1.00 bits per heavy atom. The lowest BCUT2D eigenvalue weighted by molar-refractivity contribution is 0.341. The summed E-state index contributed by atoms with van der Waals surface area (Å²) in [4.78, 5) is 19.7. The molecule has 0 spiro atoms. The average molecular weight is 347 g/mol. The minimum Gasteiger partial charge on any atom is -0.304 e. The van der Waals surface area contributed by atoms with Crippen LogP contribution in [0.3, 0.4) is 0 Å². The van der Waals surface area contributed by atoms with Gasteiger partial charge in [-0.15, -0.1) is 0 Å². The standard InChI is InChI=1S/C21H18FN3O/c1-24-11-10-20-23-19-14-16(3-2-15-4-7-17(22)8-5-15)6-9-18(19)21(26)25(20)13-12-24/h4-9,14H,10-13H2,1H3. The van der Waals surface area contributed by atoms with Gasteiger partial charge in [-0.25, -0.2) is 9.37 Å². The summed E-state index contributed by atoms with van der Waals surface area (Å²) in [5.41, 5.74) is 2.21. The van der Waals surface area contributed by atoms with E-state index >= 15 is 0 Å². The molecule has 0 amide bonds. The Hall–Kier alpha value is -2.97. The number of likely N-dealkylation sites (N-methyl/N-ethyl adjacent to an activating group) is 1. The average Bonchev–Trinajstić information content (AvgIpc) is 2.83. The smallest absolute Gasteiger partial charge is 0.261 e. The molecule has 0 aliphatic carbocycles. The van der Waals surface area contributed by atoms with E-state index < -0.39 is 0 Å². The third-order valence-corrected chi connectivity index (χ3v) is 4.65. The summed E-state index contributed by atoms with van der Waals surface area (Å²) in [5, 5.41) is 0.616. The first-order chi connectivity index (χ1) is 12.6. The molecule has 4 nitrogen and oxygen atoms in total. The van der Waals surface area contributed by atoms with E-state index in [4.69, 9.17) is 4.98 Å². The normalized spacial score (nSPS) is 14.4. The van der Waals surface area contributed by atoms with E-state index in [1.54, 1.807) is 22.8 Å². The van der Waals surface area contributed by atoms with E-state index in [1.807, 2.05) is 12.1 Å². The summed E-state index contributed by atoms with van der Waals surface area (Å²) in [5.74, 6) is 6.62. The molecular weight excluding hydrogens is 329 g/mol. The van der Waals surface area contributed by atoms with Gasteiger partial charge in [0.1, 0.15) is 11.6 Å². The molecule has 2 heterocycles. The maximum Gasteiger partial charge on any atom is 0.261 e. The van der Waals surface area contributed by atoms with E-state index in [0.717, 1.165) is 36.5 Å². The molecule has 0 saturated heterocycles. The van der Waals surface area contributed by atoms with Crippen molar-refractivity contribution < 1.29 is 4.39 Å². The molecule has 0 fully saturated rings. The van der Waals surface area contributed by atoms with Crippen LogP contribution in [0.4, 0.5) is 4.39 Å². The maximum atomic E-state index is 13.0. The number of halogens is 1. The minimum absolute atomic E-state index is 0.0124. The second-order valence-corrected chi connectivity index (χ2v) is 6.53. The van der Waals surface area contributed by atoms with Crippen LogP contribution in [-0.2, 0) is 13.0 Å². The van der Waals surface area contributed by atoms with Crippen LogP contribution in [0.1, 0.15) is 17.0 Å². The number of rotatable bonds is 0. The Bertz CT molecular complexity index is 1090. The zero-order valence-corrected chi connectivity index (χ0v) is 14.5. The molecule has 0 saturated carbocycles. The number of nitrogens with zero attached hydrogens (tertiary/aromatic N) is 3. The zero-order chi connectivity index (χ0) is 18.1. The van der Waals surface area contributed by atoms with Crippen LogP contribution >= 0.6 is 0 Å².